The maximum Gasteiger partial charge on any atom is 0.338 e. The van der Waals surface area contributed by atoms with E-state index < -0.39 is 73.6 Å². The number of carboxylic acid groups (broad SMARTS) is 1. The summed E-state index contributed by atoms with van der Waals surface area (Å²) >= 11 is 0. The average Bonchev–Trinajstić information content (AvgIpc) is 2.91. The Morgan fingerprint density at radius 2 is 1.93 bits per heavy atom. The highest BCUT2D eigenvalue weighted by atomic mass is 32.2. The van der Waals surface area contributed by atoms with Gasteiger partial charge >= 0.3 is 16.1 Å². The van der Waals surface area contributed by atoms with Crippen LogP contribution >= 0.6 is 0 Å². The molecule has 0 saturated carbocycles. The predicted octanol–water partition coefficient (Wildman–Crippen LogP) is 1.98. The molecule has 2 aromatic rings. The molecule has 0 saturated heterocycles. The second-order valence-electron chi connectivity index (χ2n) is 5.60. The number of carboxylic acids is 1. The number of ether oxygens (including phenoxy) is 1. The Bertz CT molecular complexity index is 1270. The lowest BCUT2D eigenvalue weighted by Crippen LogP contribution is -2.16. The third-order valence-corrected chi connectivity index (χ3v) is 4.46. The summed E-state index contributed by atoms with van der Waals surface area (Å²) in [5, 5.41) is 8.88. The minimum absolute atomic E-state index is 0.520. The Balaban J connectivity index is 1.94. The van der Waals surface area contributed by atoms with Crippen molar-refractivity contribution in [2.24, 2.45) is 5.73 Å². The van der Waals surface area contributed by atoms with Crippen LogP contribution in [-0.4, -0.2) is 25.3 Å². The Hall–Kier alpha value is -3.47. The smallest absolute Gasteiger partial charge is 0.338 e. The molecule has 8 nitrogen and oxygen atoms in total. The summed E-state index contributed by atoms with van der Waals surface area (Å²) in [4.78, 5) is 23.6. The first-order valence-corrected chi connectivity index (χ1v) is 9.08. The van der Waals surface area contributed by atoms with E-state index in [1.807, 2.05) is 0 Å². The van der Waals surface area contributed by atoms with Gasteiger partial charge in [0.05, 0.1) is 9.68 Å². The summed E-state index contributed by atoms with van der Waals surface area (Å²) in [6, 6.07) is 5.50. The maximum atomic E-state index is 14.0. The zero-order chi connectivity index (χ0) is 24.1. The van der Waals surface area contributed by atoms with E-state index in [2.05, 4.69) is 4.18 Å². The van der Waals surface area contributed by atoms with Crippen LogP contribution < -0.4 is 5.73 Å². The lowest BCUT2D eigenvalue weighted by Gasteiger charge is -2.11. The van der Waals surface area contributed by atoms with Crippen LogP contribution in [0.5, 0.6) is 0 Å². The van der Waals surface area contributed by atoms with Crippen LogP contribution in [0.4, 0.5) is 8.78 Å². The minimum atomic E-state index is -5.30. The third-order valence-electron chi connectivity index (χ3n) is 3.59. The molecule has 0 aliphatic carbocycles. The number of aromatic carboxylic acids is 1. The molecule has 11 heteroatoms. The fourth-order valence-electron chi connectivity index (χ4n) is 2.31. The van der Waals surface area contributed by atoms with Gasteiger partial charge in [-0.15, -0.1) is 0 Å². The molecule has 1 atom stereocenters. The Labute approximate surface area is 167 Å². The number of carbonyl (C=O) groups excluding carboxylic acids is 1. The standard InChI is InChI=1S/C18H13F2NO7S/c19-11-4-1-9(2-5-11)8-29(25,26)28-16-14(22)15(27-17(16)21)10-3-6-12(18(23)24)13(20)7-10/h1-7,15H,8,21H2,(H,23,24)/t15-/m0/s1/i8D2,15D. The van der Waals surface area contributed by atoms with Crippen LogP contribution in [0.3, 0.4) is 0 Å². The van der Waals surface area contributed by atoms with E-state index in [1.165, 1.54) is 0 Å². The first-order valence-electron chi connectivity index (χ1n) is 9.17. The highest BCUT2D eigenvalue weighted by Crippen LogP contribution is 2.33. The van der Waals surface area contributed by atoms with Crippen LogP contribution in [0.15, 0.2) is 54.1 Å². The van der Waals surface area contributed by atoms with Gasteiger partial charge in [0.25, 0.3) is 0 Å². The Morgan fingerprint density at radius 3 is 2.52 bits per heavy atom. The van der Waals surface area contributed by atoms with Gasteiger partial charge in [0.1, 0.15) is 17.3 Å². The van der Waals surface area contributed by atoms with Crippen molar-refractivity contribution >= 4 is 21.9 Å². The molecule has 3 rings (SSSR count). The van der Waals surface area contributed by atoms with Gasteiger partial charge in [0.2, 0.25) is 17.4 Å². The van der Waals surface area contributed by atoms with Gasteiger partial charge < -0.3 is 19.8 Å². The second-order valence-corrected chi connectivity index (χ2v) is 6.88. The molecule has 0 aromatic heterocycles. The number of Topliss-reactive ketones (excluding diaryl/α,β-unsaturated/α-hetero) is 1. The SMILES string of the molecule is [2H]C([2H])(c1ccc(F)cc1)S(=O)(=O)OC1=C(N)O[C@@]([2H])(c2ccc(C(=O)O)c(F)c2)C1=O. The molecule has 0 fully saturated rings. The van der Waals surface area contributed by atoms with E-state index in [4.69, 9.17) is 19.7 Å². The summed E-state index contributed by atoms with van der Waals surface area (Å²) in [7, 11) is -5.30. The van der Waals surface area contributed by atoms with Crippen molar-refractivity contribution in [2.45, 2.75) is 11.8 Å². The molecule has 1 aliphatic heterocycles. The van der Waals surface area contributed by atoms with Crippen LogP contribution in [0.25, 0.3) is 0 Å². The van der Waals surface area contributed by atoms with E-state index in [9.17, 15) is 26.8 Å². The number of ketones is 1. The molecule has 29 heavy (non-hydrogen) atoms. The van der Waals surface area contributed by atoms with E-state index in [0.717, 1.165) is 36.4 Å². The first kappa shape index (κ1) is 16.5. The number of hydrogen-bond acceptors (Lipinski definition) is 7. The number of carbonyl (C=O) groups is 2. The molecule has 0 amide bonds. The lowest BCUT2D eigenvalue weighted by molar-refractivity contribution is -0.123. The van der Waals surface area contributed by atoms with Gasteiger partial charge in [-0.3, -0.25) is 4.79 Å². The molecule has 1 aliphatic rings. The predicted molar refractivity (Wildman–Crippen MR) is 93.5 cm³/mol. The topological polar surface area (TPSA) is 133 Å². The zero-order valence-corrected chi connectivity index (χ0v) is 15.0. The fraction of sp³-hybridized carbons (Fsp3) is 0.111. The monoisotopic (exact) mass is 428 g/mol. The Morgan fingerprint density at radius 1 is 1.28 bits per heavy atom. The highest BCUT2D eigenvalue weighted by Gasteiger charge is 2.40. The van der Waals surface area contributed by atoms with Crippen LogP contribution in [-0.2, 0) is 29.5 Å². The summed E-state index contributed by atoms with van der Waals surface area (Å²) in [6.45, 7) is 0. The van der Waals surface area contributed by atoms with E-state index in [-0.39, 0.29) is 0 Å². The maximum absolute atomic E-state index is 14.0. The molecule has 2 aromatic carbocycles. The molecule has 0 radical (unpaired) electrons. The number of hydrogen-bond donors (Lipinski definition) is 2. The van der Waals surface area contributed by atoms with Gasteiger partial charge in [0, 0.05) is 5.56 Å². The van der Waals surface area contributed by atoms with E-state index >= 15 is 0 Å². The Kier molecular flexibility index (Phi) is 4.27. The van der Waals surface area contributed by atoms with Crippen molar-refractivity contribution in [1.29, 1.82) is 0 Å². The van der Waals surface area contributed by atoms with Crippen molar-refractivity contribution in [3.8, 4) is 0 Å². The van der Waals surface area contributed by atoms with Crippen LogP contribution in [0.1, 0.15) is 31.7 Å². The van der Waals surface area contributed by atoms with Crippen molar-refractivity contribution in [3.63, 3.8) is 0 Å². The van der Waals surface area contributed by atoms with Gasteiger partial charge in [-0.25, -0.2) is 13.6 Å². The van der Waals surface area contributed by atoms with Crippen LogP contribution in [0, 0.1) is 11.6 Å². The van der Waals surface area contributed by atoms with Gasteiger partial charge in [-0.1, -0.05) is 18.2 Å². The quantitative estimate of drug-likeness (QED) is 0.668. The molecular formula is C18H13F2NO7S. The molecule has 0 bridgehead atoms. The molecule has 0 spiro atoms. The normalized spacial score (nSPS) is 21.2. The van der Waals surface area contributed by atoms with Crippen LogP contribution in [0.2, 0.25) is 0 Å². The van der Waals surface area contributed by atoms with Crippen molar-refractivity contribution in [2.75, 3.05) is 0 Å². The summed E-state index contributed by atoms with van der Waals surface area (Å²) in [5.41, 5.74) is 0.410. The minimum Gasteiger partial charge on any atom is -0.478 e. The number of rotatable bonds is 6. The number of benzene rings is 2. The van der Waals surface area contributed by atoms with Gasteiger partial charge in [-0.05, 0) is 29.8 Å². The van der Waals surface area contributed by atoms with Crippen molar-refractivity contribution in [3.05, 3.63) is 82.4 Å². The van der Waals surface area contributed by atoms with E-state index in [0.29, 0.717) is 6.07 Å². The van der Waals surface area contributed by atoms with Gasteiger partial charge in [-0.2, -0.15) is 8.42 Å². The first-order chi connectivity index (χ1) is 14.7. The second kappa shape index (κ2) is 7.51. The molecule has 152 valence electrons. The number of halogens is 2. The third kappa shape index (κ3) is 4.35. The summed E-state index contributed by atoms with van der Waals surface area (Å²) in [5.74, 6) is -7.39. The fourth-order valence-corrected chi connectivity index (χ4v) is 3.15. The molecule has 1 heterocycles. The number of nitrogens with two attached hydrogens (primary N) is 1. The average molecular weight is 428 g/mol. The molecular weight excluding hydrogens is 412 g/mol. The van der Waals surface area contributed by atoms with Crippen molar-refractivity contribution < 1.29 is 44.9 Å². The summed E-state index contributed by atoms with van der Waals surface area (Å²) in [6.07, 6.45) is -2.82. The lowest BCUT2D eigenvalue weighted by atomic mass is 10.0. The molecule has 0 unspecified atom stereocenters. The largest absolute Gasteiger partial charge is 0.478 e. The molecule has 3 N–H and O–H groups in total. The summed E-state index contributed by atoms with van der Waals surface area (Å²) < 4.78 is 85.5. The van der Waals surface area contributed by atoms with Crippen molar-refractivity contribution in [1.82, 2.24) is 0 Å². The van der Waals surface area contributed by atoms with E-state index in [1.54, 1.807) is 0 Å². The zero-order valence-electron chi connectivity index (χ0n) is 17.2. The highest BCUT2D eigenvalue weighted by molar-refractivity contribution is 7.86. The van der Waals surface area contributed by atoms with Gasteiger partial charge in [0.15, 0.2) is 6.08 Å².